The van der Waals surface area contributed by atoms with Gasteiger partial charge in [-0.25, -0.2) is 4.79 Å². The summed E-state index contributed by atoms with van der Waals surface area (Å²) in [5, 5.41) is 23.6. The van der Waals surface area contributed by atoms with E-state index < -0.39 is 30.6 Å². The van der Waals surface area contributed by atoms with Gasteiger partial charge in [-0.3, -0.25) is 9.59 Å². The highest BCUT2D eigenvalue weighted by Gasteiger charge is 2.29. The number of aliphatic carboxylic acids is 1. The summed E-state index contributed by atoms with van der Waals surface area (Å²) in [5.74, 6) is -1.56. The number of aliphatic hydroxyl groups excluding tert-OH is 1. The minimum Gasteiger partial charge on any atom is -0.481 e. The van der Waals surface area contributed by atoms with E-state index in [1.54, 1.807) is 0 Å². The van der Waals surface area contributed by atoms with Crippen LogP contribution in [0.4, 0.5) is 4.79 Å². The number of carboxylic acids is 1. The maximum atomic E-state index is 12.6. The number of aliphatic hydroxyl groups is 1. The average Bonchev–Trinajstić information content (AvgIpc) is 3.13. The normalized spacial score (nSPS) is 13.9. The molecule has 4 N–H and O–H groups in total. The Morgan fingerprint density at radius 3 is 2.21 bits per heavy atom. The van der Waals surface area contributed by atoms with E-state index in [4.69, 9.17) is 9.84 Å². The molecule has 0 spiro atoms. The number of unbranched alkanes of at least 4 members (excludes halogenated alkanes) is 1. The molecule has 0 aromatic heterocycles. The summed E-state index contributed by atoms with van der Waals surface area (Å²) >= 11 is 0. The molecule has 0 heterocycles. The van der Waals surface area contributed by atoms with E-state index in [2.05, 4.69) is 34.9 Å². The van der Waals surface area contributed by atoms with Crippen molar-refractivity contribution < 1.29 is 29.3 Å². The van der Waals surface area contributed by atoms with Gasteiger partial charge in [0.15, 0.2) is 0 Å². The highest BCUT2D eigenvalue weighted by atomic mass is 16.5. The van der Waals surface area contributed by atoms with Crippen molar-refractivity contribution in [3.63, 3.8) is 0 Å². The third-order valence-corrected chi connectivity index (χ3v) is 5.95. The van der Waals surface area contributed by atoms with Crippen molar-refractivity contribution in [3.8, 4) is 11.1 Å². The first-order chi connectivity index (χ1) is 16.4. The van der Waals surface area contributed by atoms with Crippen LogP contribution in [0.15, 0.2) is 48.5 Å². The van der Waals surface area contributed by atoms with Crippen molar-refractivity contribution in [1.29, 1.82) is 0 Å². The predicted molar refractivity (Wildman–Crippen MR) is 127 cm³/mol. The molecule has 1 aliphatic rings. The van der Waals surface area contributed by atoms with E-state index in [0.29, 0.717) is 6.42 Å². The van der Waals surface area contributed by atoms with Crippen LogP contribution in [0.25, 0.3) is 11.1 Å². The Morgan fingerprint density at radius 1 is 1.00 bits per heavy atom. The van der Waals surface area contributed by atoms with Gasteiger partial charge in [0.05, 0.1) is 12.5 Å². The van der Waals surface area contributed by atoms with Crippen LogP contribution >= 0.6 is 0 Å². The number of ether oxygens (including phenoxy) is 1. The zero-order chi connectivity index (χ0) is 24.5. The van der Waals surface area contributed by atoms with Crippen molar-refractivity contribution in [3.05, 3.63) is 59.7 Å². The first-order valence-electron chi connectivity index (χ1n) is 11.7. The highest BCUT2D eigenvalue weighted by molar-refractivity contribution is 5.79. The molecule has 2 aromatic rings. The lowest BCUT2D eigenvalue weighted by Crippen LogP contribution is -2.41. The Hall–Kier alpha value is -3.39. The van der Waals surface area contributed by atoms with Crippen LogP contribution in [0, 0.1) is 0 Å². The summed E-state index contributed by atoms with van der Waals surface area (Å²) in [6, 6.07) is 15.8. The number of alkyl carbamates (subject to hydrolysis) is 1. The lowest BCUT2D eigenvalue weighted by molar-refractivity contribution is -0.139. The lowest BCUT2D eigenvalue weighted by Gasteiger charge is -2.20. The Kier molecular flexibility index (Phi) is 9.04. The van der Waals surface area contributed by atoms with Crippen LogP contribution in [0.2, 0.25) is 0 Å². The quantitative estimate of drug-likeness (QED) is 0.378. The number of carbonyl (C=O) groups excluding carboxylic acids is 2. The minimum absolute atomic E-state index is 0.0178. The molecule has 0 radical (unpaired) electrons. The molecule has 0 saturated heterocycles. The van der Waals surface area contributed by atoms with E-state index in [0.717, 1.165) is 35.1 Å². The molecule has 8 nitrogen and oxygen atoms in total. The van der Waals surface area contributed by atoms with Gasteiger partial charge in [0.1, 0.15) is 6.61 Å². The van der Waals surface area contributed by atoms with Gasteiger partial charge < -0.3 is 25.6 Å². The number of hydrogen-bond donors (Lipinski definition) is 4. The van der Waals surface area contributed by atoms with Crippen LogP contribution in [0.3, 0.4) is 0 Å². The van der Waals surface area contributed by atoms with Gasteiger partial charge in [0.2, 0.25) is 5.91 Å². The summed E-state index contributed by atoms with van der Waals surface area (Å²) in [6.07, 6.45) is 0.158. The van der Waals surface area contributed by atoms with Crippen molar-refractivity contribution in [2.24, 2.45) is 0 Å². The summed E-state index contributed by atoms with van der Waals surface area (Å²) in [7, 11) is 0. The SMILES string of the molecule is CCCC[C@H](CC(=O)NCC(O)CC(=O)O)NC(=O)OCC1c2ccccc2-c2ccccc21. The number of rotatable bonds is 12. The Morgan fingerprint density at radius 2 is 1.62 bits per heavy atom. The van der Waals surface area contributed by atoms with E-state index in [-0.39, 0.29) is 31.4 Å². The number of amides is 2. The molecule has 2 amide bonds. The molecule has 0 bridgehead atoms. The van der Waals surface area contributed by atoms with Crippen molar-refractivity contribution in [2.75, 3.05) is 13.2 Å². The zero-order valence-electron chi connectivity index (χ0n) is 19.3. The molecular weight excluding hydrogens is 436 g/mol. The molecule has 182 valence electrons. The summed E-state index contributed by atoms with van der Waals surface area (Å²) in [5.41, 5.74) is 4.54. The molecule has 2 aromatic carbocycles. The van der Waals surface area contributed by atoms with Crippen LogP contribution in [0.1, 0.15) is 56.1 Å². The van der Waals surface area contributed by atoms with Crippen LogP contribution in [-0.2, 0) is 14.3 Å². The molecule has 1 unspecified atom stereocenters. The largest absolute Gasteiger partial charge is 0.481 e. The smallest absolute Gasteiger partial charge is 0.407 e. The molecule has 3 rings (SSSR count). The van der Waals surface area contributed by atoms with E-state index in [9.17, 15) is 19.5 Å². The Balaban J connectivity index is 1.55. The number of fused-ring (bicyclic) bond motifs is 3. The number of nitrogens with one attached hydrogen (secondary N) is 2. The van der Waals surface area contributed by atoms with Gasteiger partial charge >= 0.3 is 12.1 Å². The fourth-order valence-corrected chi connectivity index (χ4v) is 4.28. The summed E-state index contributed by atoms with van der Waals surface area (Å²) < 4.78 is 5.59. The fourth-order valence-electron chi connectivity index (χ4n) is 4.28. The number of carboxylic acid groups (broad SMARTS) is 1. The van der Waals surface area contributed by atoms with Crippen molar-refractivity contribution >= 4 is 18.0 Å². The second-order valence-corrected chi connectivity index (χ2v) is 8.57. The number of benzene rings is 2. The monoisotopic (exact) mass is 468 g/mol. The maximum absolute atomic E-state index is 12.6. The average molecular weight is 469 g/mol. The summed E-state index contributed by atoms with van der Waals surface area (Å²) in [6.45, 7) is 2.05. The molecular formula is C26H32N2O6. The van der Waals surface area contributed by atoms with Crippen LogP contribution in [-0.4, -0.2) is 53.5 Å². The molecule has 2 atom stereocenters. The second-order valence-electron chi connectivity index (χ2n) is 8.57. The molecule has 0 saturated carbocycles. The van der Waals surface area contributed by atoms with Crippen molar-refractivity contribution in [1.82, 2.24) is 10.6 Å². The topological polar surface area (TPSA) is 125 Å². The maximum Gasteiger partial charge on any atom is 0.407 e. The van der Waals surface area contributed by atoms with Gasteiger partial charge in [0.25, 0.3) is 0 Å². The minimum atomic E-state index is -1.16. The van der Waals surface area contributed by atoms with Gasteiger partial charge in [-0.15, -0.1) is 0 Å². The first-order valence-corrected chi connectivity index (χ1v) is 11.7. The summed E-state index contributed by atoms with van der Waals surface area (Å²) in [4.78, 5) is 35.5. The standard InChI is InChI=1S/C26H32N2O6/c1-2-3-8-17(13-24(30)27-15-18(29)14-25(31)32)28-26(33)34-16-23-21-11-6-4-9-19(21)20-10-5-7-12-22(20)23/h4-7,9-12,17-18,23,29H,2-3,8,13-16H2,1H3,(H,27,30)(H,28,33)(H,31,32)/t17-,18?/m1/s1. The lowest BCUT2D eigenvalue weighted by atomic mass is 9.98. The number of hydrogen-bond acceptors (Lipinski definition) is 5. The van der Waals surface area contributed by atoms with E-state index in [1.807, 2.05) is 31.2 Å². The van der Waals surface area contributed by atoms with Gasteiger partial charge in [0, 0.05) is 24.9 Å². The third kappa shape index (κ3) is 6.81. The molecule has 8 heteroatoms. The van der Waals surface area contributed by atoms with Crippen molar-refractivity contribution in [2.45, 2.75) is 57.1 Å². The molecule has 0 fully saturated rings. The third-order valence-electron chi connectivity index (χ3n) is 5.95. The second kappa shape index (κ2) is 12.2. The molecule has 1 aliphatic carbocycles. The predicted octanol–water partition coefficient (Wildman–Crippen LogP) is 3.43. The zero-order valence-corrected chi connectivity index (χ0v) is 19.3. The van der Waals surface area contributed by atoms with E-state index in [1.165, 1.54) is 0 Å². The number of carbonyl (C=O) groups is 3. The van der Waals surface area contributed by atoms with Gasteiger partial charge in [-0.05, 0) is 28.7 Å². The fraction of sp³-hybridized carbons (Fsp3) is 0.423. The molecule has 34 heavy (non-hydrogen) atoms. The molecule has 0 aliphatic heterocycles. The van der Waals surface area contributed by atoms with Crippen LogP contribution in [0.5, 0.6) is 0 Å². The first kappa shape index (κ1) is 25.2. The van der Waals surface area contributed by atoms with Gasteiger partial charge in [-0.2, -0.15) is 0 Å². The Bertz CT molecular complexity index is 963. The Labute approximate surface area is 199 Å². The highest BCUT2D eigenvalue weighted by Crippen LogP contribution is 2.44. The van der Waals surface area contributed by atoms with Gasteiger partial charge in [-0.1, -0.05) is 68.3 Å². The van der Waals surface area contributed by atoms with Crippen LogP contribution < -0.4 is 10.6 Å². The van der Waals surface area contributed by atoms with E-state index >= 15 is 0 Å².